The smallest absolute Gasteiger partial charge is 0.166 e. The number of hydrogen-bond acceptors (Lipinski definition) is 6. The van der Waals surface area contributed by atoms with Crippen molar-refractivity contribution in [2.45, 2.75) is 31.8 Å². The summed E-state index contributed by atoms with van der Waals surface area (Å²) in [5.74, 6) is 1.24. The van der Waals surface area contributed by atoms with Crippen LogP contribution in [0.15, 0.2) is 55.0 Å². The second-order valence-electron chi connectivity index (χ2n) is 7.11. The Morgan fingerprint density at radius 2 is 2.00 bits per heavy atom. The number of nitrogens with zero attached hydrogens (tertiary/aromatic N) is 5. The molecule has 0 amide bonds. The summed E-state index contributed by atoms with van der Waals surface area (Å²) in [4.78, 5) is 13.0. The molecule has 0 radical (unpaired) electrons. The first-order chi connectivity index (χ1) is 13.8. The minimum atomic E-state index is 0.170. The number of rotatable bonds is 4. The van der Waals surface area contributed by atoms with Crippen LogP contribution in [0, 0.1) is 0 Å². The van der Waals surface area contributed by atoms with Crippen molar-refractivity contribution in [2.24, 2.45) is 0 Å². The standard InChI is InChI=1S/C21H21N7/c22-19-10-9-15-20(23-13-24-21(15)27-19)26-17-7-4-8-18-16(17)11-25-28(18)12-14-5-2-1-3-6-14/h1-3,5-6,9-11,13,17H,4,7-8,12H2,(H3,22,23,24,26,27). The fraction of sp³-hybridized carbons (Fsp3) is 0.238. The topological polar surface area (TPSA) is 94.5 Å². The molecule has 3 N–H and O–H groups in total. The van der Waals surface area contributed by atoms with Crippen molar-refractivity contribution in [2.75, 3.05) is 11.1 Å². The zero-order valence-corrected chi connectivity index (χ0v) is 15.4. The second-order valence-corrected chi connectivity index (χ2v) is 7.11. The molecule has 0 spiro atoms. The van der Waals surface area contributed by atoms with E-state index in [0.717, 1.165) is 37.0 Å². The normalized spacial score (nSPS) is 16.1. The number of fused-ring (bicyclic) bond motifs is 2. The summed E-state index contributed by atoms with van der Waals surface area (Å²) in [6.07, 6.45) is 6.72. The van der Waals surface area contributed by atoms with E-state index in [9.17, 15) is 0 Å². The lowest BCUT2D eigenvalue weighted by atomic mass is 9.93. The van der Waals surface area contributed by atoms with Crippen LogP contribution in [0.2, 0.25) is 0 Å². The maximum atomic E-state index is 5.78. The van der Waals surface area contributed by atoms with E-state index >= 15 is 0 Å². The van der Waals surface area contributed by atoms with Gasteiger partial charge in [-0.1, -0.05) is 30.3 Å². The van der Waals surface area contributed by atoms with Crippen molar-refractivity contribution in [3.8, 4) is 0 Å². The predicted octanol–water partition coefficient (Wildman–Crippen LogP) is 3.34. The van der Waals surface area contributed by atoms with Crippen molar-refractivity contribution >= 4 is 22.7 Å². The van der Waals surface area contributed by atoms with Gasteiger partial charge in [0.1, 0.15) is 18.0 Å². The predicted molar refractivity (Wildman–Crippen MR) is 109 cm³/mol. The second kappa shape index (κ2) is 6.92. The highest BCUT2D eigenvalue weighted by molar-refractivity contribution is 5.87. The van der Waals surface area contributed by atoms with Gasteiger partial charge in [-0.2, -0.15) is 5.10 Å². The van der Waals surface area contributed by atoms with Crippen LogP contribution in [0.1, 0.15) is 35.7 Å². The average Bonchev–Trinajstić information content (AvgIpc) is 3.13. The van der Waals surface area contributed by atoms with Crippen molar-refractivity contribution in [1.82, 2.24) is 24.7 Å². The average molecular weight is 371 g/mol. The molecule has 1 aliphatic rings. The molecular weight excluding hydrogens is 350 g/mol. The summed E-state index contributed by atoms with van der Waals surface area (Å²) in [7, 11) is 0. The van der Waals surface area contributed by atoms with Crippen LogP contribution in [0.3, 0.4) is 0 Å². The summed E-state index contributed by atoms with van der Waals surface area (Å²) in [6, 6.07) is 14.3. The third-order valence-electron chi connectivity index (χ3n) is 5.27. The molecule has 1 aromatic carbocycles. The number of nitrogens with one attached hydrogen (secondary N) is 1. The molecule has 0 saturated heterocycles. The largest absolute Gasteiger partial charge is 0.384 e. The summed E-state index contributed by atoms with van der Waals surface area (Å²) in [6.45, 7) is 0.794. The summed E-state index contributed by atoms with van der Waals surface area (Å²) in [5.41, 5.74) is 10.2. The van der Waals surface area contributed by atoms with Crippen LogP contribution < -0.4 is 11.1 Å². The van der Waals surface area contributed by atoms with Gasteiger partial charge in [-0.15, -0.1) is 0 Å². The Labute approximate surface area is 162 Å². The lowest BCUT2D eigenvalue weighted by molar-refractivity contribution is 0.556. The lowest BCUT2D eigenvalue weighted by Gasteiger charge is -2.25. The molecule has 0 aliphatic heterocycles. The number of hydrogen-bond donors (Lipinski definition) is 2. The van der Waals surface area contributed by atoms with Gasteiger partial charge in [0.2, 0.25) is 0 Å². The molecule has 7 nitrogen and oxygen atoms in total. The van der Waals surface area contributed by atoms with Crippen molar-refractivity contribution < 1.29 is 0 Å². The molecule has 1 aliphatic carbocycles. The number of nitrogens with two attached hydrogens (primary N) is 1. The summed E-state index contributed by atoms with van der Waals surface area (Å²) >= 11 is 0. The lowest BCUT2D eigenvalue weighted by Crippen LogP contribution is -2.19. The number of pyridine rings is 1. The Morgan fingerprint density at radius 3 is 2.89 bits per heavy atom. The first-order valence-electron chi connectivity index (χ1n) is 9.50. The van der Waals surface area contributed by atoms with E-state index in [2.05, 4.69) is 54.3 Å². The monoisotopic (exact) mass is 371 g/mol. The van der Waals surface area contributed by atoms with Gasteiger partial charge in [-0.25, -0.2) is 15.0 Å². The molecule has 5 rings (SSSR count). The van der Waals surface area contributed by atoms with Gasteiger partial charge in [0.25, 0.3) is 0 Å². The van der Waals surface area contributed by atoms with Crippen LogP contribution >= 0.6 is 0 Å². The van der Waals surface area contributed by atoms with E-state index in [-0.39, 0.29) is 6.04 Å². The maximum absolute atomic E-state index is 5.78. The molecule has 0 bridgehead atoms. The van der Waals surface area contributed by atoms with Crippen molar-refractivity contribution in [3.05, 3.63) is 71.8 Å². The van der Waals surface area contributed by atoms with Crippen LogP contribution in [-0.2, 0) is 13.0 Å². The minimum absolute atomic E-state index is 0.170. The SMILES string of the molecule is Nc1ccc2c(NC3CCCc4c3cnn4Cc3ccccc3)ncnc2n1. The van der Waals surface area contributed by atoms with Crippen LogP contribution in [0.25, 0.3) is 11.0 Å². The highest BCUT2D eigenvalue weighted by atomic mass is 15.3. The molecule has 0 fully saturated rings. The van der Waals surface area contributed by atoms with Crippen LogP contribution in [-0.4, -0.2) is 24.7 Å². The molecule has 3 aromatic heterocycles. The Morgan fingerprint density at radius 1 is 1.11 bits per heavy atom. The van der Waals surface area contributed by atoms with Crippen molar-refractivity contribution in [1.29, 1.82) is 0 Å². The highest BCUT2D eigenvalue weighted by Crippen LogP contribution is 2.33. The molecule has 4 aromatic rings. The van der Waals surface area contributed by atoms with Crippen LogP contribution in [0.4, 0.5) is 11.6 Å². The van der Waals surface area contributed by atoms with E-state index in [1.54, 1.807) is 6.07 Å². The molecule has 1 unspecified atom stereocenters. The fourth-order valence-electron chi connectivity index (χ4n) is 3.90. The summed E-state index contributed by atoms with van der Waals surface area (Å²) < 4.78 is 2.12. The Hall–Kier alpha value is -3.48. The van der Waals surface area contributed by atoms with Gasteiger partial charge in [0.05, 0.1) is 24.2 Å². The molecule has 28 heavy (non-hydrogen) atoms. The van der Waals surface area contributed by atoms with E-state index in [0.29, 0.717) is 11.5 Å². The number of nitrogen functional groups attached to an aromatic ring is 1. The zero-order valence-electron chi connectivity index (χ0n) is 15.4. The number of anilines is 2. The maximum Gasteiger partial charge on any atom is 0.166 e. The van der Waals surface area contributed by atoms with E-state index in [4.69, 9.17) is 5.73 Å². The van der Waals surface area contributed by atoms with E-state index < -0.39 is 0 Å². The highest BCUT2D eigenvalue weighted by Gasteiger charge is 2.25. The summed E-state index contributed by atoms with van der Waals surface area (Å²) in [5, 5.41) is 9.14. The first kappa shape index (κ1) is 16.7. The quantitative estimate of drug-likeness (QED) is 0.571. The molecule has 3 heterocycles. The van der Waals surface area contributed by atoms with E-state index in [1.807, 2.05) is 18.3 Å². The molecule has 7 heteroatoms. The van der Waals surface area contributed by atoms with Gasteiger partial charge in [-0.05, 0) is 37.0 Å². The van der Waals surface area contributed by atoms with Gasteiger partial charge in [0.15, 0.2) is 5.65 Å². The van der Waals surface area contributed by atoms with Gasteiger partial charge in [-0.3, -0.25) is 4.68 Å². The number of aromatic nitrogens is 5. The zero-order chi connectivity index (χ0) is 18.9. The first-order valence-corrected chi connectivity index (χ1v) is 9.50. The Bertz CT molecular complexity index is 1120. The van der Waals surface area contributed by atoms with Gasteiger partial charge < -0.3 is 11.1 Å². The van der Waals surface area contributed by atoms with Crippen molar-refractivity contribution in [3.63, 3.8) is 0 Å². The van der Waals surface area contributed by atoms with Crippen LogP contribution in [0.5, 0.6) is 0 Å². The molecule has 1 atom stereocenters. The van der Waals surface area contributed by atoms with Gasteiger partial charge >= 0.3 is 0 Å². The Balaban J connectivity index is 1.45. The molecule has 140 valence electrons. The van der Waals surface area contributed by atoms with Gasteiger partial charge in [0, 0.05) is 11.3 Å². The molecule has 0 saturated carbocycles. The van der Waals surface area contributed by atoms with E-state index in [1.165, 1.54) is 23.1 Å². The molecular formula is C21H21N7. The Kier molecular flexibility index (Phi) is 4.12. The number of benzene rings is 1. The third-order valence-corrected chi connectivity index (χ3v) is 5.27. The minimum Gasteiger partial charge on any atom is -0.384 e. The fourth-order valence-corrected chi connectivity index (χ4v) is 3.90. The third kappa shape index (κ3) is 3.05.